The lowest BCUT2D eigenvalue weighted by molar-refractivity contribution is 0.0953. The van der Waals surface area contributed by atoms with E-state index in [1.165, 1.54) is 0 Å². The van der Waals surface area contributed by atoms with Gasteiger partial charge in [-0.25, -0.2) is 0 Å². The predicted octanol–water partition coefficient (Wildman–Crippen LogP) is 2.55. The van der Waals surface area contributed by atoms with Crippen molar-refractivity contribution in [1.82, 2.24) is 10.6 Å². The SMILES string of the molecule is CCCNCCNC(=O)c1cc(C)sc1Br. The minimum Gasteiger partial charge on any atom is -0.351 e. The van der Waals surface area contributed by atoms with Crippen LogP contribution >= 0.6 is 27.3 Å². The van der Waals surface area contributed by atoms with E-state index < -0.39 is 0 Å². The van der Waals surface area contributed by atoms with E-state index in [2.05, 4.69) is 33.5 Å². The van der Waals surface area contributed by atoms with Crippen LogP contribution in [0.4, 0.5) is 0 Å². The maximum atomic E-state index is 11.7. The van der Waals surface area contributed by atoms with Gasteiger partial charge in [0.05, 0.1) is 9.35 Å². The first-order valence-corrected chi connectivity index (χ1v) is 7.01. The zero-order valence-corrected chi connectivity index (χ0v) is 12.0. The molecule has 0 aliphatic rings. The summed E-state index contributed by atoms with van der Waals surface area (Å²) in [4.78, 5) is 12.9. The van der Waals surface area contributed by atoms with Crippen molar-refractivity contribution in [1.29, 1.82) is 0 Å². The molecule has 1 aromatic rings. The molecule has 16 heavy (non-hydrogen) atoms. The van der Waals surface area contributed by atoms with Crippen LogP contribution in [-0.2, 0) is 0 Å². The maximum Gasteiger partial charge on any atom is 0.253 e. The smallest absolute Gasteiger partial charge is 0.253 e. The Morgan fingerprint density at radius 3 is 2.75 bits per heavy atom. The zero-order chi connectivity index (χ0) is 12.0. The van der Waals surface area contributed by atoms with Gasteiger partial charge < -0.3 is 10.6 Å². The van der Waals surface area contributed by atoms with Crippen LogP contribution in [0.3, 0.4) is 0 Å². The molecule has 90 valence electrons. The molecule has 0 aliphatic heterocycles. The first-order chi connectivity index (χ1) is 7.65. The molecule has 0 bridgehead atoms. The van der Waals surface area contributed by atoms with Crippen LogP contribution in [0, 0.1) is 6.92 Å². The molecule has 0 unspecified atom stereocenters. The molecule has 1 heterocycles. The number of hydrogen-bond donors (Lipinski definition) is 2. The molecule has 1 amide bonds. The summed E-state index contributed by atoms with van der Waals surface area (Å²) in [6.45, 7) is 6.60. The number of aryl methyl sites for hydroxylation is 1. The molecule has 0 radical (unpaired) electrons. The number of nitrogens with one attached hydrogen (secondary N) is 2. The van der Waals surface area contributed by atoms with E-state index in [1.807, 2.05) is 13.0 Å². The Hall–Kier alpha value is -0.390. The summed E-state index contributed by atoms with van der Waals surface area (Å²) >= 11 is 4.98. The zero-order valence-electron chi connectivity index (χ0n) is 9.60. The molecule has 0 saturated heterocycles. The normalized spacial score (nSPS) is 10.4. The van der Waals surface area contributed by atoms with Crippen LogP contribution in [0.25, 0.3) is 0 Å². The summed E-state index contributed by atoms with van der Waals surface area (Å²) in [6, 6.07) is 1.91. The van der Waals surface area contributed by atoms with Gasteiger partial charge in [-0.1, -0.05) is 6.92 Å². The van der Waals surface area contributed by atoms with Crippen molar-refractivity contribution >= 4 is 33.2 Å². The lowest BCUT2D eigenvalue weighted by Gasteiger charge is -2.05. The molecule has 0 aliphatic carbocycles. The minimum atomic E-state index is -0.00507. The highest BCUT2D eigenvalue weighted by molar-refractivity contribution is 9.11. The van der Waals surface area contributed by atoms with Crippen molar-refractivity contribution in [2.75, 3.05) is 19.6 Å². The Labute approximate surface area is 109 Å². The van der Waals surface area contributed by atoms with Crippen LogP contribution in [0.15, 0.2) is 9.85 Å². The average Bonchev–Trinajstić information content (AvgIpc) is 2.57. The summed E-state index contributed by atoms with van der Waals surface area (Å²) in [5.74, 6) is -0.00507. The standard InChI is InChI=1S/C11H17BrN2OS/c1-3-4-13-5-6-14-11(15)9-7-8(2)16-10(9)12/h7,13H,3-6H2,1-2H3,(H,14,15). The topological polar surface area (TPSA) is 41.1 Å². The molecule has 3 nitrogen and oxygen atoms in total. The number of carbonyl (C=O) groups is 1. The van der Waals surface area contributed by atoms with E-state index in [-0.39, 0.29) is 5.91 Å². The molecule has 2 N–H and O–H groups in total. The summed E-state index contributed by atoms with van der Waals surface area (Å²) in [5.41, 5.74) is 0.734. The van der Waals surface area contributed by atoms with E-state index >= 15 is 0 Å². The second-order valence-corrected chi connectivity index (χ2v) is 6.12. The third kappa shape index (κ3) is 4.23. The molecule has 0 saturated carbocycles. The Bertz CT molecular complexity index is 352. The van der Waals surface area contributed by atoms with Crippen molar-refractivity contribution < 1.29 is 4.79 Å². The molecule has 1 aromatic heterocycles. The van der Waals surface area contributed by atoms with Crippen molar-refractivity contribution in [3.8, 4) is 0 Å². The second kappa shape index (κ2) is 7.04. The lowest BCUT2D eigenvalue weighted by atomic mass is 10.3. The molecule has 5 heteroatoms. The maximum absolute atomic E-state index is 11.7. The Kier molecular flexibility index (Phi) is 6.01. The lowest BCUT2D eigenvalue weighted by Crippen LogP contribution is -2.32. The third-order valence-corrected chi connectivity index (χ3v) is 3.82. The van der Waals surface area contributed by atoms with Gasteiger partial charge in [-0.15, -0.1) is 11.3 Å². The second-order valence-electron chi connectivity index (χ2n) is 3.55. The van der Waals surface area contributed by atoms with Gasteiger partial charge in [-0.2, -0.15) is 0 Å². The average molecular weight is 305 g/mol. The highest BCUT2D eigenvalue weighted by Gasteiger charge is 2.11. The number of rotatable bonds is 6. The molecule has 0 spiro atoms. The van der Waals surface area contributed by atoms with Gasteiger partial charge >= 0.3 is 0 Å². The number of hydrogen-bond acceptors (Lipinski definition) is 3. The van der Waals surface area contributed by atoms with Gasteiger partial charge in [0, 0.05) is 18.0 Å². The summed E-state index contributed by atoms with van der Waals surface area (Å²) < 4.78 is 0.906. The summed E-state index contributed by atoms with van der Waals surface area (Å²) in [7, 11) is 0. The van der Waals surface area contributed by atoms with Crippen LogP contribution < -0.4 is 10.6 Å². The predicted molar refractivity (Wildman–Crippen MR) is 72.2 cm³/mol. The number of thiophene rings is 1. The molecule has 1 rings (SSSR count). The third-order valence-electron chi connectivity index (χ3n) is 2.07. The molecule has 0 atom stereocenters. The van der Waals surface area contributed by atoms with E-state index in [0.29, 0.717) is 6.54 Å². The largest absolute Gasteiger partial charge is 0.351 e. The van der Waals surface area contributed by atoms with Crippen LogP contribution in [-0.4, -0.2) is 25.5 Å². The van der Waals surface area contributed by atoms with Crippen molar-refractivity contribution in [2.45, 2.75) is 20.3 Å². The van der Waals surface area contributed by atoms with Crippen molar-refractivity contribution in [3.05, 3.63) is 20.3 Å². The van der Waals surface area contributed by atoms with Gasteiger partial charge in [0.2, 0.25) is 0 Å². The van der Waals surface area contributed by atoms with Crippen LogP contribution in [0.2, 0.25) is 0 Å². The number of amides is 1. The van der Waals surface area contributed by atoms with Crippen LogP contribution in [0.5, 0.6) is 0 Å². The van der Waals surface area contributed by atoms with E-state index in [9.17, 15) is 4.79 Å². The Morgan fingerprint density at radius 1 is 1.44 bits per heavy atom. The van der Waals surface area contributed by atoms with E-state index in [1.54, 1.807) is 11.3 Å². The minimum absolute atomic E-state index is 0.00507. The van der Waals surface area contributed by atoms with Gasteiger partial charge in [0.15, 0.2) is 0 Å². The summed E-state index contributed by atoms with van der Waals surface area (Å²) in [6.07, 6.45) is 1.11. The fourth-order valence-electron chi connectivity index (χ4n) is 1.30. The number of carbonyl (C=O) groups excluding carboxylic acids is 1. The van der Waals surface area contributed by atoms with Crippen LogP contribution in [0.1, 0.15) is 28.6 Å². The molecular weight excluding hydrogens is 288 g/mol. The fraction of sp³-hybridized carbons (Fsp3) is 0.545. The van der Waals surface area contributed by atoms with Gasteiger partial charge in [-0.3, -0.25) is 4.79 Å². The van der Waals surface area contributed by atoms with Gasteiger partial charge in [0.25, 0.3) is 5.91 Å². The first kappa shape index (κ1) is 13.7. The van der Waals surface area contributed by atoms with Gasteiger partial charge in [-0.05, 0) is 41.9 Å². The highest BCUT2D eigenvalue weighted by atomic mass is 79.9. The van der Waals surface area contributed by atoms with E-state index in [4.69, 9.17) is 0 Å². The van der Waals surface area contributed by atoms with E-state index in [0.717, 1.165) is 33.7 Å². The first-order valence-electron chi connectivity index (χ1n) is 5.40. The van der Waals surface area contributed by atoms with Gasteiger partial charge in [0.1, 0.15) is 0 Å². The quantitative estimate of drug-likeness (QED) is 0.793. The monoisotopic (exact) mass is 304 g/mol. The molecule has 0 fully saturated rings. The number of halogens is 1. The summed E-state index contributed by atoms with van der Waals surface area (Å²) in [5, 5.41) is 6.13. The van der Waals surface area contributed by atoms with Crippen molar-refractivity contribution in [2.24, 2.45) is 0 Å². The van der Waals surface area contributed by atoms with Crippen molar-refractivity contribution in [3.63, 3.8) is 0 Å². The highest BCUT2D eigenvalue weighted by Crippen LogP contribution is 2.27. The Morgan fingerprint density at radius 2 is 2.19 bits per heavy atom. The fourth-order valence-corrected chi connectivity index (χ4v) is 3.08. The molecular formula is C11H17BrN2OS. The molecule has 0 aromatic carbocycles. The Balaban J connectivity index is 2.33.